The molecule has 0 saturated heterocycles. The average Bonchev–Trinajstić information content (AvgIpc) is 2.67. The van der Waals surface area contributed by atoms with Crippen molar-refractivity contribution in [3.8, 4) is 0 Å². The fourth-order valence-corrected chi connectivity index (χ4v) is 3.47. The highest BCUT2D eigenvalue weighted by Crippen LogP contribution is 2.34. The lowest BCUT2D eigenvalue weighted by atomic mass is 9.91. The summed E-state index contributed by atoms with van der Waals surface area (Å²) in [6.07, 6.45) is 0. The molecule has 0 saturated carbocycles. The molecule has 21 heavy (non-hydrogen) atoms. The van der Waals surface area contributed by atoms with Crippen molar-refractivity contribution in [1.29, 1.82) is 0 Å². The van der Waals surface area contributed by atoms with Gasteiger partial charge in [0.2, 0.25) is 0 Å². The molecule has 0 aliphatic carbocycles. The number of hydrogen-bond acceptors (Lipinski definition) is 4. The van der Waals surface area contributed by atoms with Crippen LogP contribution in [0.5, 0.6) is 0 Å². The fourth-order valence-electron chi connectivity index (χ4n) is 2.28. The zero-order valence-electron chi connectivity index (χ0n) is 15.3. The third-order valence-electron chi connectivity index (χ3n) is 3.11. The molecule has 1 aromatic rings. The molecular formula is C17H33N3S. The predicted molar refractivity (Wildman–Crippen MR) is 95.5 cm³/mol. The molecule has 0 aliphatic rings. The van der Waals surface area contributed by atoms with E-state index in [1.54, 1.807) is 0 Å². The van der Waals surface area contributed by atoms with E-state index in [9.17, 15) is 0 Å². The van der Waals surface area contributed by atoms with Crippen molar-refractivity contribution in [2.75, 3.05) is 18.5 Å². The predicted octanol–water partition coefficient (Wildman–Crippen LogP) is 4.42. The maximum atomic E-state index is 4.95. The molecule has 0 aromatic carbocycles. The monoisotopic (exact) mass is 311 g/mol. The van der Waals surface area contributed by atoms with Crippen molar-refractivity contribution in [3.63, 3.8) is 0 Å². The topological polar surface area (TPSA) is 28.2 Å². The Balaban J connectivity index is 3.02. The summed E-state index contributed by atoms with van der Waals surface area (Å²) in [5.74, 6) is 0. The molecule has 0 aliphatic heterocycles. The van der Waals surface area contributed by atoms with E-state index in [0.29, 0.717) is 6.04 Å². The van der Waals surface area contributed by atoms with Gasteiger partial charge in [0, 0.05) is 36.5 Å². The zero-order valence-corrected chi connectivity index (χ0v) is 16.1. The van der Waals surface area contributed by atoms with Crippen molar-refractivity contribution < 1.29 is 0 Å². The summed E-state index contributed by atoms with van der Waals surface area (Å²) in [5.41, 5.74) is 1.60. The largest absolute Gasteiger partial charge is 0.351 e. The molecule has 122 valence electrons. The lowest BCUT2D eigenvalue weighted by molar-refractivity contribution is 0.418. The molecule has 0 unspecified atom stereocenters. The summed E-state index contributed by atoms with van der Waals surface area (Å²) in [7, 11) is 2.15. The minimum atomic E-state index is 0.0886. The van der Waals surface area contributed by atoms with Gasteiger partial charge in [-0.1, -0.05) is 55.4 Å². The van der Waals surface area contributed by atoms with Gasteiger partial charge in [-0.3, -0.25) is 0 Å². The van der Waals surface area contributed by atoms with Gasteiger partial charge in [0.1, 0.15) is 0 Å². The number of nitrogens with zero attached hydrogens (tertiary/aromatic N) is 2. The Bertz CT molecular complexity index is 450. The quantitative estimate of drug-likeness (QED) is 0.872. The minimum absolute atomic E-state index is 0.0886. The van der Waals surface area contributed by atoms with Gasteiger partial charge in [-0.25, -0.2) is 4.98 Å². The smallest absolute Gasteiger partial charge is 0.185 e. The first-order chi connectivity index (χ1) is 9.40. The van der Waals surface area contributed by atoms with Crippen LogP contribution in [0.3, 0.4) is 0 Å². The second-order valence-electron chi connectivity index (χ2n) is 8.47. The Morgan fingerprint density at radius 3 is 2.14 bits per heavy atom. The Kier molecular flexibility index (Phi) is 5.84. The number of aromatic nitrogens is 1. The van der Waals surface area contributed by atoms with Crippen molar-refractivity contribution in [1.82, 2.24) is 10.3 Å². The van der Waals surface area contributed by atoms with Crippen molar-refractivity contribution >= 4 is 16.5 Å². The number of thiazole rings is 1. The summed E-state index contributed by atoms with van der Waals surface area (Å²) in [6.45, 7) is 19.8. The second kappa shape index (κ2) is 6.66. The standard InChI is InChI=1S/C17H33N3S/c1-12(2)18-10-13-14(17(6,7)8)19-15(21-13)20(9)11-16(3,4)5/h12,18H,10-11H2,1-9H3. The molecule has 0 fully saturated rings. The van der Waals surface area contributed by atoms with E-state index >= 15 is 0 Å². The molecule has 0 radical (unpaired) electrons. The van der Waals surface area contributed by atoms with Gasteiger partial charge < -0.3 is 10.2 Å². The van der Waals surface area contributed by atoms with Crippen LogP contribution in [-0.4, -0.2) is 24.6 Å². The molecule has 3 nitrogen and oxygen atoms in total. The van der Waals surface area contributed by atoms with E-state index in [1.807, 2.05) is 11.3 Å². The van der Waals surface area contributed by atoms with E-state index in [2.05, 4.69) is 72.7 Å². The molecule has 1 rings (SSSR count). The summed E-state index contributed by atoms with van der Waals surface area (Å²) >= 11 is 1.83. The van der Waals surface area contributed by atoms with Crippen molar-refractivity contribution in [2.45, 2.75) is 73.4 Å². The minimum Gasteiger partial charge on any atom is -0.351 e. The third kappa shape index (κ3) is 5.95. The van der Waals surface area contributed by atoms with Crippen molar-refractivity contribution in [3.05, 3.63) is 10.6 Å². The highest BCUT2D eigenvalue weighted by atomic mass is 32.1. The van der Waals surface area contributed by atoms with Crippen LogP contribution in [0, 0.1) is 5.41 Å². The first-order valence-corrected chi connectivity index (χ1v) is 8.66. The molecule has 1 heterocycles. The van der Waals surface area contributed by atoms with E-state index in [4.69, 9.17) is 4.98 Å². The van der Waals surface area contributed by atoms with Crippen LogP contribution in [0.4, 0.5) is 5.13 Å². The van der Waals surface area contributed by atoms with Gasteiger partial charge in [0.25, 0.3) is 0 Å². The zero-order chi connectivity index (χ0) is 16.4. The average molecular weight is 312 g/mol. The molecule has 0 amide bonds. The van der Waals surface area contributed by atoms with Crippen LogP contribution in [0.2, 0.25) is 0 Å². The fraction of sp³-hybridized carbons (Fsp3) is 0.824. The number of rotatable bonds is 5. The molecule has 4 heteroatoms. The Morgan fingerprint density at radius 2 is 1.71 bits per heavy atom. The van der Waals surface area contributed by atoms with Crippen LogP contribution < -0.4 is 10.2 Å². The number of nitrogens with one attached hydrogen (secondary N) is 1. The van der Waals surface area contributed by atoms with Gasteiger partial charge in [0.15, 0.2) is 5.13 Å². The normalized spacial score (nSPS) is 13.0. The van der Waals surface area contributed by atoms with Crippen LogP contribution in [0.25, 0.3) is 0 Å². The highest BCUT2D eigenvalue weighted by Gasteiger charge is 2.25. The van der Waals surface area contributed by atoms with E-state index in [-0.39, 0.29) is 10.8 Å². The maximum Gasteiger partial charge on any atom is 0.185 e. The molecule has 0 spiro atoms. The summed E-state index contributed by atoms with van der Waals surface area (Å²) in [4.78, 5) is 8.61. The maximum absolute atomic E-state index is 4.95. The Morgan fingerprint density at radius 1 is 1.14 bits per heavy atom. The first kappa shape index (κ1) is 18.4. The summed E-state index contributed by atoms with van der Waals surface area (Å²) < 4.78 is 0. The SMILES string of the molecule is CC(C)NCc1sc(N(C)CC(C)(C)C)nc1C(C)(C)C. The van der Waals surface area contributed by atoms with Crippen molar-refractivity contribution in [2.24, 2.45) is 5.41 Å². The number of hydrogen-bond donors (Lipinski definition) is 1. The first-order valence-electron chi connectivity index (χ1n) is 7.85. The van der Waals surface area contributed by atoms with Gasteiger partial charge in [-0.05, 0) is 5.41 Å². The molecule has 1 N–H and O–H groups in total. The summed E-state index contributed by atoms with van der Waals surface area (Å²) in [5, 5.41) is 4.66. The number of anilines is 1. The van der Waals surface area contributed by atoms with Crippen LogP contribution in [0.1, 0.15) is 66.0 Å². The van der Waals surface area contributed by atoms with Crippen LogP contribution >= 0.6 is 11.3 Å². The summed E-state index contributed by atoms with van der Waals surface area (Å²) in [6, 6.07) is 0.496. The lowest BCUT2D eigenvalue weighted by Gasteiger charge is -2.26. The van der Waals surface area contributed by atoms with Gasteiger partial charge in [-0.2, -0.15) is 0 Å². The molecule has 0 atom stereocenters. The van der Waals surface area contributed by atoms with Crippen LogP contribution in [-0.2, 0) is 12.0 Å². The van der Waals surface area contributed by atoms with Gasteiger partial charge in [0.05, 0.1) is 5.69 Å². The lowest BCUT2D eigenvalue weighted by Crippen LogP contribution is -2.29. The van der Waals surface area contributed by atoms with E-state index < -0.39 is 0 Å². The van der Waals surface area contributed by atoms with Gasteiger partial charge >= 0.3 is 0 Å². The highest BCUT2D eigenvalue weighted by molar-refractivity contribution is 7.15. The van der Waals surface area contributed by atoms with E-state index in [1.165, 1.54) is 10.6 Å². The van der Waals surface area contributed by atoms with Crippen LogP contribution in [0.15, 0.2) is 0 Å². The molecule has 1 aromatic heterocycles. The van der Waals surface area contributed by atoms with Gasteiger partial charge in [-0.15, -0.1) is 11.3 Å². The molecular weight excluding hydrogens is 278 g/mol. The van der Waals surface area contributed by atoms with E-state index in [0.717, 1.165) is 18.2 Å². The third-order valence-corrected chi connectivity index (χ3v) is 4.28. The Labute approximate surface area is 135 Å². The Hall–Kier alpha value is -0.610. The molecule has 0 bridgehead atoms. The second-order valence-corrected chi connectivity index (χ2v) is 9.53.